The maximum absolute atomic E-state index is 4.60. The van der Waals surface area contributed by atoms with E-state index in [1.54, 1.807) is 0 Å². The van der Waals surface area contributed by atoms with Gasteiger partial charge in [0.1, 0.15) is 0 Å². The average Bonchev–Trinajstić information content (AvgIpc) is 1.80. The fraction of sp³-hybridized carbons (Fsp3) is 0.667. The Kier molecular flexibility index (Phi) is 11.6. The molecule has 0 fully saturated rings. The molecule has 0 aromatic rings. The number of rotatable bonds is 4. The monoisotopic (exact) mass is 219 g/mol. The fourth-order valence-corrected chi connectivity index (χ4v) is 1.42. The van der Waals surface area contributed by atoms with Crippen LogP contribution in [0, 0.1) is 0 Å². The number of allylic oxidation sites excluding steroid dienone is 2. The van der Waals surface area contributed by atoms with E-state index in [2.05, 4.69) is 59.0 Å². The van der Waals surface area contributed by atoms with Crippen LogP contribution < -0.4 is 51.4 Å². The third-order valence-corrected chi connectivity index (χ3v) is 1.62. The summed E-state index contributed by atoms with van der Waals surface area (Å²) in [7, 11) is 0. The maximum Gasteiger partial charge on any atom is 1.00 e. The van der Waals surface area contributed by atoms with Crippen molar-refractivity contribution in [1.29, 1.82) is 0 Å². The minimum Gasteiger partial charge on any atom is -0.651 e. The Balaban J connectivity index is 0. The second kappa shape index (κ2) is 9.31. The van der Waals surface area contributed by atoms with E-state index in [4.69, 9.17) is 0 Å². The zero-order valence-electron chi connectivity index (χ0n) is 10.8. The molecule has 0 aliphatic carbocycles. The molecule has 0 N–H and O–H groups in total. The van der Waals surface area contributed by atoms with E-state index < -0.39 is 0 Å². The molecule has 2 unspecified atom stereocenters. The third-order valence-electron chi connectivity index (χ3n) is 1.62. The topological polar surface area (TPSA) is 14.1 Å². The second-order valence-electron chi connectivity index (χ2n) is 4.12. The number of hydrogen-bond acceptors (Lipinski definition) is 0. The molecule has 0 bridgehead atoms. The molecule has 0 spiro atoms. The van der Waals surface area contributed by atoms with Gasteiger partial charge >= 0.3 is 51.4 Å². The molecule has 0 aliphatic heterocycles. The van der Waals surface area contributed by atoms with Crippen LogP contribution in [-0.4, -0.2) is 12.1 Å². The third kappa shape index (κ3) is 11.2. The van der Waals surface area contributed by atoms with E-state index in [9.17, 15) is 0 Å². The molecule has 0 aliphatic rings. The predicted octanol–water partition coefficient (Wildman–Crippen LogP) is 1.07. The van der Waals surface area contributed by atoms with Gasteiger partial charge in [0, 0.05) is 0 Å². The first-order valence-electron chi connectivity index (χ1n) is 4.92. The summed E-state index contributed by atoms with van der Waals surface area (Å²) in [5.74, 6) is 0. The van der Waals surface area contributed by atoms with Gasteiger partial charge < -0.3 is 5.32 Å². The summed E-state index contributed by atoms with van der Waals surface area (Å²) in [6.45, 7) is 12.7. The molecular weight excluding hydrogens is 197 g/mol. The van der Waals surface area contributed by atoms with Crippen molar-refractivity contribution in [2.45, 2.75) is 53.6 Å². The summed E-state index contributed by atoms with van der Waals surface area (Å²) in [5, 5.41) is 4.60. The minimum atomic E-state index is 0. The smallest absolute Gasteiger partial charge is 0.651 e. The summed E-state index contributed by atoms with van der Waals surface area (Å²) < 4.78 is 0. The van der Waals surface area contributed by atoms with Crippen LogP contribution in [0.2, 0.25) is 0 Å². The molecule has 0 heterocycles. The Hall–Kier alpha value is 1.08. The van der Waals surface area contributed by atoms with Crippen molar-refractivity contribution in [3.63, 3.8) is 0 Å². The molecule has 76 valence electrons. The summed E-state index contributed by atoms with van der Waals surface area (Å²) in [6, 6.07) is 0.659. The summed E-state index contributed by atoms with van der Waals surface area (Å²) in [5.41, 5.74) is 2.67. The summed E-state index contributed by atoms with van der Waals surface area (Å²) >= 11 is 0. The van der Waals surface area contributed by atoms with Gasteiger partial charge in [0.2, 0.25) is 0 Å². The van der Waals surface area contributed by atoms with Crippen LogP contribution in [-0.2, 0) is 0 Å². The van der Waals surface area contributed by atoms with Gasteiger partial charge in [-0.15, -0.1) is 24.2 Å². The number of hydrogen-bond donors (Lipinski definition) is 0. The maximum atomic E-state index is 4.60. The molecule has 0 saturated carbocycles. The van der Waals surface area contributed by atoms with Gasteiger partial charge in [-0.1, -0.05) is 25.0 Å². The minimum absolute atomic E-state index is 0. The standard InChI is InChI=1S/C12H22N.K/c1-9(2)7-11(5)13-12(6)8-10(3)4;/h7-8,11-12H,1-6H3;/q-1;+1. The van der Waals surface area contributed by atoms with Crippen molar-refractivity contribution >= 4 is 0 Å². The molecule has 0 amide bonds. The zero-order valence-corrected chi connectivity index (χ0v) is 13.9. The van der Waals surface area contributed by atoms with Crippen molar-refractivity contribution in [3.8, 4) is 0 Å². The van der Waals surface area contributed by atoms with Crippen molar-refractivity contribution in [1.82, 2.24) is 0 Å². The molecular formula is C12H22KN. The first-order valence-corrected chi connectivity index (χ1v) is 4.92. The fourth-order valence-electron chi connectivity index (χ4n) is 1.42. The first kappa shape index (κ1) is 17.5. The van der Waals surface area contributed by atoms with Gasteiger partial charge in [-0.25, -0.2) is 0 Å². The second-order valence-corrected chi connectivity index (χ2v) is 4.12. The molecule has 0 aromatic heterocycles. The van der Waals surface area contributed by atoms with Crippen LogP contribution in [0.1, 0.15) is 41.5 Å². The summed E-state index contributed by atoms with van der Waals surface area (Å²) in [4.78, 5) is 0. The molecule has 0 aromatic carbocycles. The van der Waals surface area contributed by atoms with Gasteiger partial charge in [0.15, 0.2) is 0 Å². The van der Waals surface area contributed by atoms with E-state index in [1.807, 2.05) is 0 Å². The Morgan fingerprint density at radius 1 is 0.857 bits per heavy atom. The van der Waals surface area contributed by atoms with Crippen LogP contribution in [0.25, 0.3) is 5.32 Å². The van der Waals surface area contributed by atoms with Crippen molar-refractivity contribution < 1.29 is 51.4 Å². The Labute approximate surface area is 132 Å². The van der Waals surface area contributed by atoms with Gasteiger partial charge in [0.25, 0.3) is 0 Å². The van der Waals surface area contributed by atoms with E-state index in [0.717, 1.165) is 0 Å². The molecule has 2 heteroatoms. The predicted molar refractivity (Wildman–Crippen MR) is 61.1 cm³/mol. The number of nitrogens with zero attached hydrogens (tertiary/aromatic N) is 1. The van der Waals surface area contributed by atoms with E-state index in [-0.39, 0.29) is 51.4 Å². The van der Waals surface area contributed by atoms with E-state index in [0.29, 0.717) is 12.1 Å². The van der Waals surface area contributed by atoms with Crippen LogP contribution >= 0.6 is 0 Å². The normalized spacial score (nSPS) is 13.6. The van der Waals surface area contributed by atoms with E-state index >= 15 is 0 Å². The molecule has 14 heavy (non-hydrogen) atoms. The average molecular weight is 219 g/mol. The Bertz CT molecular complexity index is 176. The molecule has 0 radical (unpaired) electrons. The molecule has 0 saturated heterocycles. The Morgan fingerprint density at radius 3 is 1.36 bits per heavy atom. The Morgan fingerprint density at radius 2 is 1.14 bits per heavy atom. The van der Waals surface area contributed by atoms with Crippen LogP contribution in [0.4, 0.5) is 0 Å². The van der Waals surface area contributed by atoms with Crippen molar-refractivity contribution in [3.05, 3.63) is 28.6 Å². The van der Waals surface area contributed by atoms with Gasteiger partial charge in [-0.05, 0) is 27.7 Å². The van der Waals surface area contributed by atoms with Crippen LogP contribution in [0.15, 0.2) is 23.3 Å². The van der Waals surface area contributed by atoms with Gasteiger partial charge in [-0.3, -0.25) is 0 Å². The van der Waals surface area contributed by atoms with Crippen molar-refractivity contribution in [2.24, 2.45) is 0 Å². The van der Waals surface area contributed by atoms with Crippen LogP contribution in [0.5, 0.6) is 0 Å². The molecule has 1 nitrogen and oxygen atoms in total. The first-order chi connectivity index (χ1) is 5.91. The molecule has 0 rings (SSSR count). The van der Waals surface area contributed by atoms with Gasteiger partial charge in [-0.2, -0.15) is 0 Å². The summed E-state index contributed by atoms with van der Waals surface area (Å²) in [6.07, 6.45) is 4.38. The molecule has 2 atom stereocenters. The van der Waals surface area contributed by atoms with Gasteiger partial charge in [0.05, 0.1) is 0 Å². The van der Waals surface area contributed by atoms with Crippen LogP contribution in [0.3, 0.4) is 0 Å². The zero-order chi connectivity index (χ0) is 10.4. The van der Waals surface area contributed by atoms with Crippen molar-refractivity contribution in [2.75, 3.05) is 0 Å². The largest absolute Gasteiger partial charge is 1.00 e. The SMILES string of the molecule is CC(C)=CC(C)[N-]C(C)C=C(C)C.[K+]. The quantitative estimate of drug-likeness (QED) is 0.496. The van der Waals surface area contributed by atoms with E-state index in [1.165, 1.54) is 11.1 Å².